The van der Waals surface area contributed by atoms with E-state index in [-0.39, 0.29) is 11.8 Å². The highest BCUT2D eigenvalue weighted by Gasteiger charge is 2.19. The third-order valence-corrected chi connectivity index (χ3v) is 5.78. The molecule has 5 nitrogen and oxygen atoms in total. The lowest BCUT2D eigenvalue weighted by molar-refractivity contribution is -0.116. The number of amides is 2. The maximum atomic E-state index is 13.2. The van der Waals surface area contributed by atoms with Crippen molar-refractivity contribution in [2.24, 2.45) is 0 Å². The van der Waals surface area contributed by atoms with Crippen LogP contribution in [0.2, 0.25) is 0 Å². The van der Waals surface area contributed by atoms with Crippen LogP contribution in [0.5, 0.6) is 0 Å². The molecular weight excluding hydrogens is 386 g/mol. The number of aromatic amines is 1. The smallest absolute Gasteiger partial charge is 0.257 e. The molecule has 0 bridgehead atoms. The Labute approximate surface area is 180 Å². The minimum Gasteiger partial charge on any atom is -0.354 e. The molecule has 0 unspecified atom stereocenters. The molecule has 0 radical (unpaired) electrons. The molecule has 2 amide bonds. The number of nitrogens with one attached hydrogen (secondary N) is 3. The molecule has 3 aromatic carbocycles. The summed E-state index contributed by atoms with van der Waals surface area (Å²) >= 11 is 0. The number of para-hydroxylation sites is 3. The average Bonchev–Trinajstić information content (AvgIpc) is 3.15. The zero-order valence-electron chi connectivity index (χ0n) is 17.1. The third kappa shape index (κ3) is 3.70. The van der Waals surface area contributed by atoms with Crippen LogP contribution in [0.4, 0.5) is 11.4 Å². The van der Waals surface area contributed by atoms with Crippen LogP contribution in [-0.2, 0) is 11.2 Å². The molecule has 0 aliphatic carbocycles. The van der Waals surface area contributed by atoms with Crippen LogP contribution in [0.25, 0.3) is 22.2 Å². The highest BCUT2D eigenvalue weighted by atomic mass is 16.2. The van der Waals surface area contributed by atoms with Gasteiger partial charge in [0, 0.05) is 22.9 Å². The van der Waals surface area contributed by atoms with Crippen molar-refractivity contribution in [3.8, 4) is 11.3 Å². The van der Waals surface area contributed by atoms with Gasteiger partial charge in [0.05, 0.1) is 22.6 Å². The molecule has 1 aliphatic rings. The Kier molecular flexibility index (Phi) is 5.00. The van der Waals surface area contributed by atoms with E-state index in [1.54, 1.807) is 18.2 Å². The Morgan fingerprint density at radius 3 is 2.13 bits per heavy atom. The molecule has 5 heteroatoms. The summed E-state index contributed by atoms with van der Waals surface area (Å²) in [7, 11) is 0. The van der Waals surface area contributed by atoms with Crippen LogP contribution in [0.3, 0.4) is 0 Å². The van der Waals surface area contributed by atoms with Crippen molar-refractivity contribution in [3.05, 3.63) is 83.9 Å². The first-order valence-corrected chi connectivity index (χ1v) is 10.6. The van der Waals surface area contributed by atoms with Gasteiger partial charge in [-0.1, -0.05) is 48.5 Å². The van der Waals surface area contributed by atoms with Gasteiger partial charge in [-0.05, 0) is 49.1 Å². The lowest BCUT2D eigenvalue weighted by Crippen LogP contribution is -2.18. The van der Waals surface area contributed by atoms with E-state index in [0.29, 0.717) is 17.7 Å². The van der Waals surface area contributed by atoms with Crippen molar-refractivity contribution in [2.75, 3.05) is 10.6 Å². The molecule has 3 N–H and O–H groups in total. The Bertz CT molecular complexity index is 1290. The summed E-state index contributed by atoms with van der Waals surface area (Å²) in [5, 5.41) is 7.15. The van der Waals surface area contributed by atoms with Gasteiger partial charge < -0.3 is 15.6 Å². The molecule has 0 spiro atoms. The van der Waals surface area contributed by atoms with E-state index >= 15 is 0 Å². The molecule has 1 aliphatic heterocycles. The van der Waals surface area contributed by atoms with Crippen molar-refractivity contribution in [2.45, 2.75) is 25.7 Å². The van der Waals surface area contributed by atoms with Crippen LogP contribution in [0, 0.1) is 0 Å². The van der Waals surface area contributed by atoms with Gasteiger partial charge >= 0.3 is 0 Å². The van der Waals surface area contributed by atoms with Gasteiger partial charge in [-0.3, -0.25) is 9.59 Å². The highest BCUT2D eigenvalue weighted by molar-refractivity contribution is 6.11. The van der Waals surface area contributed by atoms with E-state index in [9.17, 15) is 9.59 Å². The molecule has 31 heavy (non-hydrogen) atoms. The number of carbonyl (C=O) groups is 2. The second kappa shape index (κ2) is 8.11. The SMILES string of the molecule is O=C1CCCCc2c([nH]c3ccccc23)-c2ccccc2NC(=O)c2ccccc2N1. The van der Waals surface area contributed by atoms with Gasteiger partial charge in [0.1, 0.15) is 0 Å². The zero-order valence-corrected chi connectivity index (χ0v) is 17.1. The molecule has 154 valence electrons. The number of aryl methyl sites for hydroxylation is 1. The van der Waals surface area contributed by atoms with Crippen molar-refractivity contribution in [1.29, 1.82) is 0 Å². The average molecular weight is 409 g/mol. The molecule has 0 saturated heterocycles. The normalized spacial score (nSPS) is 14.6. The van der Waals surface area contributed by atoms with Gasteiger partial charge in [-0.2, -0.15) is 0 Å². The second-order valence-electron chi connectivity index (χ2n) is 7.82. The summed E-state index contributed by atoms with van der Waals surface area (Å²) in [5.74, 6) is -0.324. The van der Waals surface area contributed by atoms with Gasteiger partial charge in [0.15, 0.2) is 0 Å². The van der Waals surface area contributed by atoms with Gasteiger partial charge in [0.2, 0.25) is 5.91 Å². The topological polar surface area (TPSA) is 74.0 Å². The number of H-pyrrole nitrogens is 1. The maximum Gasteiger partial charge on any atom is 0.257 e. The van der Waals surface area contributed by atoms with Crippen molar-refractivity contribution in [3.63, 3.8) is 0 Å². The van der Waals surface area contributed by atoms with E-state index in [4.69, 9.17) is 0 Å². The number of aromatic nitrogens is 1. The summed E-state index contributed by atoms with van der Waals surface area (Å²) < 4.78 is 0. The first kappa shape index (κ1) is 19.1. The summed E-state index contributed by atoms with van der Waals surface area (Å²) in [5.41, 5.74) is 5.98. The van der Waals surface area contributed by atoms with E-state index in [1.807, 2.05) is 42.5 Å². The first-order chi connectivity index (χ1) is 15.2. The van der Waals surface area contributed by atoms with Crippen LogP contribution < -0.4 is 10.6 Å². The maximum absolute atomic E-state index is 13.2. The van der Waals surface area contributed by atoms with Crippen molar-refractivity contribution in [1.82, 2.24) is 4.98 Å². The minimum absolute atomic E-state index is 0.0724. The highest BCUT2D eigenvalue weighted by Crippen LogP contribution is 2.36. The number of hydrogen-bond acceptors (Lipinski definition) is 2. The van der Waals surface area contributed by atoms with Gasteiger partial charge in [-0.25, -0.2) is 0 Å². The van der Waals surface area contributed by atoms with Crippen LogP contribution in [0.15, 0.2) is 72.8 Å². The molecule has 4 aromatic rings. The number of carbonyl (C=O) groups excluding carboxylic acids is 2. The fourth-order valence-corrected chi connectivity index (χ4v) is 4.28. The van der Waals surface area contributed by atoms with Gasteiger partial charge in [0.25, 0.3) is 5.91 Å². The summed E-state index contributed by atoms with van der Waals surface area (Å²) in [6.45, 7) is 0. The Morgan fingerprint density at radius 1 is 0.645 bits per heavy atom. The molecule has 0 fully saturated rings. The van der Waals surface area contributed by atoms with Gasteiger partial charge in [-0.15, -0.1) is 0 Å². The molecule has 5 rings (SSSR count). The van der Waals surface area contributed by atoms with Crippen LogP contribution in [0.1, 0.15) is 35.2 Å². The van der Waals surface area contributed by atoms with Crippen LogP contribution >= 0.6 is 0 Å². The first-order valence-electron chi connectivity index (χ1n) is 10.6. The fraction of sp³-hybridized carbons (Fsp3) is 0.154. The zero-order chi connectivity index (χ0) is 21.2. The lowest BCUT2D eigenvalue weighted by atomic mass is 9.98. The van der Waals surface area contributed by atoms with E-state index in [1.165, 1.54) is 10.9 Å². The predicted octanol–water partition coefficient (Wildman–Crippen LogP) is 5.75. The predicted molar refractivity (Wildman–Crippen MR) is 124 cm³/mol. The number of rotatable bonds is 0. The molecule has 0 saturated carbocycles. The minimum atomic E-state index is -0.252. The monoisotopic (exact) mass is 409 g/mol. The van der Waals surface area contributed by atoms with E-state index in [0.717, 1.165) is 41.7 Å². The van der Waals surface area contributed by atoms with Crippen LogP contribution in [-0.4, -0.2) is 16.8 Å². The standard InChI is InChI=1S/C26H23N3O2/c30-24-16-8-4-10-18-17-9-1-5-13-21(17)28-25(18)19-11-2-6-14-22(19)29-26(31)20-12-3-7-15-23(20)27-24/h1-3,5-7,9,11-15,28H,4,8,10,16H2,(H,27,30)(H,29,31). The fourth-order valence-electron chi connectivity index (χ4n) is 4.28. The molecule has 0 atom stereocenters. The summed E-state index contributed by atoms with van der Waals surface area (Å²) in [6.07, 6.45) is 2.95. The molecule has 2 heterocycles. The quantitative estimate of drug-likeness (QED) is 0.346. The summed E-state index contributed by atoms with van der Waals surface area (Å²) in [4.78, 5) is 29.2. The van der Waals surface area contributed by atoms with E-state index in [2.05, 4.69) is 27.8 Å². The second-order valence-corrected chi connectivity index (χ2v) is 7.82. The number of fused-ring (bicyclic) bond motifs is 6. The third-order valence-electron chi connectivity index (χ3n) is 5.78. The Hall–Kier alpha value is -3.86. The Morgan fingerprint density at radius 2 is 1.29 bits per heavy atom. The number of hydrogen-bond donors (Lipinski definition) is 3. The number of anilines is 2. The molecular formula is C26H23N3O2. The van der Waals surface area contributed by atoms with E-state index < -0.39 is 0 Å². The number of benzene rings is 3. The largest absolute Gasteiger partial charge is 0.354 e. The lowest BCUT2D eigenvalue weighted by Gasteiger charge is -2.15. The van der Waals surface area contributed by atoms with Crippen molar-refractivity contribution < 1.29 is 9.59 Å². The summed E-state index contributed by atoms with van der Waals surface area (Å²) in [6, 6.07) is 23.2. The molecule has 1 aromatic heterocycles. The Balaban J connectivity index is 1.66. The van der Waals surface area contributed by atoms with Crippen molar-refractivity contribution >= 4 is 34.1 Å².